The Hall–Kier alpha value is -0.530. The van der Waals surface area contributed by atoms with Crippen molar-refractivity contribution in [2.45, 2.75) is 13.0 Å². The van der Waals surface area contributed by atoms with Crippen molar-refractivity contribution in [3.63, 3.8) is 0 Å². The number of benzene rings is 1. The Morgan fingerprint density at radius 3 is 2.50 bits per heavy atom. The number of likely N-dealkylation sites (N-methyl/N-ethyl adjacent to an activating group) is 1. The Kier molecular flexibility index (Phi) is 8.30. The highest BCUT2D eigenvalue weighted by Gasteiger charge is 2.14. The Bertz CT molecular complexity index is 373. The third-order valence-corrected chi connectivity index (χ3v) is 3.29. The average molecular weight is 385 g/mol. The van der Waals surface area contributed by atoms with E-state index in [0.29, 0.717) is 12.3 Å². The van der Waals surface area contributed by atoms with E-state index in [4.69, 9.17) is 10.5 Å². The van der Waals surface area contributed by atoms with Crippen LogP contribution in [0.1, 0.15) is 6.92 Å². The van der Waals surface area contributed by atoms with Crippen LogP contribution in [0, 0.1) is 3.57 Å². The lowest BCUT2D eigenvalue weighted by molar-refractivity contribution is -0.133. The smallest absolute Gasteiger partial charge is 0.260 e. The monoisotopic (exact) mass is 384 g/mol. The summed E-state index contributed by atoms with van der Waals surface area (Å²) in [6, 6.07) is 7.60. The van der Waals surface area contributed by atoms with Crippen molar-refractivity contribution in [2.75, 3.05) is 20.2 Å². The fraction of sp³-hybridized carbons (Fsp3) is 0.417. The fourth-order valence-corrected chi connectivity index (χ4v) is 1.54. The highest BCUT2D eigenvalue weighted by atomic mass is 127. The highest BCUT2D eigenvalue weighted by Crippen LogP contribution is 2.13. The number of carbonyl (C=O) groups excluding carboxylic acids is 1. The van der Waals surface area contributed by atoms with Crippen LogP contribution in [0.2, 0.25) is 0 Å². The van der Waals surface area contributed by atoms with E-state index in [1.165, 1.54) is 0 Å². The summed E-state index contributed by atoms with van der Waals surface area (Å²) in [6.45, 7) is 2.40. The Morgan fingerprint density at radius 2 is 2.00 bits per heavy atom. The number of hydrogen-bond donors (Lipinski definition) is 1. The number of nitrogens with zero attached hydrogens (tertiary/aromatic N) is 1. The molecule has 0 saturated heterocycles. The Balaban J connectivity index is 0.00000289. The predicted molar refractivity (Wildman–Crippen MR) is 83.2 cm³/mol. The summed E-state index contributed by atoms with van der Waals surface area (Å²) >= 11 is 2.22. The molecule has 0 heterocycles. The first-order valence-corrected chi connectivity index (χ1v) is 6.46. The maximum absolute atomic E-state index is 11.7. The number of nitrogens with two attached hydrogens (primary N) is 1. The van der Waals surface area contributed by atoms with E-state index in [9.17, 15) is 4.79 Å². The highest BCUT2D eigenvalue weighted by molar-refractivity contribution is 14.1. The molecule has 102 valence electrons. The summed E-state index contributed by atoms with van der Waals surface area (Å²) in [6.07, 6.45) is 0. The minimum Gasteiger partial charge on any atom is -0.484 e. The molecule has 18 heavy (non-hydrogen) atoms. The third-order valence-electron chi connectivity index (χ3n) is 2.57. The van der Waals surface area contributed by atoms with E-state index in [1.54, 1.807) is 11.9 Å². The van der Waals surface area contributed by atoms with Crippen molar-refractivity contribution >= 4 is 40.9 Å². The molecular formula is C12H18ClIN2O2. The van der Waals surface area contributed by atoms with Gasteiger partial charge in [0.15, 0.2) is 6.61 Å². The first-order chi connectivity index (χ1) is 8.04. The van der Waals surface area contributed by atoms with Crippen molar-refractivity contribution in [3.05, 3.63) is 27.8 Å². The summed E-state index contributed by atoms with van der Waals surface area (Å²) < 4.78 is 6.54. The zero-order valence-corrected chi connectivity index (χ0v) is 13.4. The van der Waals surface area contributed by atoms with Gasteiger partial charge in [-0.3, -0.25) is 4.79 Å². The van der Waals surface area contributed by atoms with Gasteiger partial charge in [0.25, 0.3) is 5.91 Å². The molecule has 0 saturated carbocycles. The van der Waals surface area contributed by atoms with Crippen LogP contribution in [0.5, 0.6) is 5.75 Å². The average Bonchev–Trinajstić information content (AvgIpc) is 2.35. The van der Waals surface area contributed by atoms with Crippen molar-refractivity contribution in [1.29, 1.82) is 0 Å². The molecule has 0 spiro atoms. The van der Waals surface area contributed by atoms with Gasteiger partial charge in [0.2, 0.25) is 0 Å². The largest absolute Gasteiger partial charge is 0.484 e. The van der Waals surface area contributed by atoms with E-state index in [0.717, 1.165) is 3.57 Å². The van der Waals surface area contributed by atoms with Crippen molar-refractivity contribution in [2.24, 2.45) is 5.73 Å². The molecule has 0 fully saturated rings. The van der Waals surface area contributed by atoms with Gasteiger partial charge in [0, 0.05) is 23.2 Å². The standard InChI is InChI=1S/C12H17IN2O2.ClH/c1-9(7-14)15(2)12(16)8-17-11-5-3-10(13)4-6-11;/h3-6,9H,7-8,14H2,1-2H3;1H. The maximum Gasteiger partial charge on any atom is 0.260 e. The van der Waals surface area contributed by atoms with Gasteiger partial charge in [-0.05, 0) is 53.8 Å². The number of carbonyl (C=O) groups is 1. The Morgan fingerprint density at radius 1 is 1.44 bits per heavy atom. The molecule has 1 rings (SSSR count). The van der Waals surface area contributed by atoms with Crippen LogP contribution in [0.15, 0.2) is 24.3 Å². The first-order valence-electron chi connectivity index (χ1n) is 5.38. The number of halogens is 2. The fourth-order valence-electron chi connectivity index (χ4n) is 1.18. The molecule has 2 N–H and O–H groups in total. The zero-order valence-electron chi connectivity index (χ0n) is 10.4. The van der Waals surface area contributed by atoms with E-state index >= 15 is 0 Å². The lowest BCUT2D eigenvalue weighted by atomic mass is 10.3. The molecule has 4 nitrogen and oxygen atoms in total. The minimum atomic E-state index is -0.0681. The molecule has 1 amide bonds. The second-order valence-electron chi connectivity index (χ2n) is 3.83. The topological polar surface area (TPSA) is 55.6 Å². The number of rotatable bonds is 5. The number of hydrogen-bond acceptors (Lipinski definition) is 3. The molecular weight excluding hydrogens is 367 g/mol. The van der Waals surface area contributed by atoms with Crippen molar-refractivity contribution in [3.8, 4) is 5.75 Å². The predicted octanol–water partition coefficient (Wildman–Crippen LogP) is 1.90. The normalized spacial score (nSPS) is 11.3. The van der Waals surface area contributed by atoms with Gasteiger partial charge < -0.3 is 15.4 Å². The quantitative estimate of drug-likeness (QED) is 0.789. The molecule has 0 aliphatic rings. The van der Waals surface area contributed by atoms with Crippen LogP contribution in [0.4, 0.5) is 0 Å². The molecule has 0 radical (unpaired) electrons. The van der Waals surface area contributed by atoms with E-state index < -0.39 is 0 Å². The van der Waals surface area contributed by atoms with Gasteiger partial charge in [0.1, 0.15) is 5.75 Å². The zero-order chi connectivity index (χ0) is 12.8. The molecule has 0 aliphatic carbocycles. The SMILES string of the molecule is CC(CN)N(C)C(=O)COc1ccc(I)cc1.Cl. The van der Waals surface area contributed by atoms with Gasteiger partial charge in [-0.2, -0.15) is 0 Å². The minimum absolute atomic E-state index is 0. The molecule has 0 bridgehead atoms. The van der Waals surface area contributed by atoms with E-state index in [2.05, 4.69) is 22.6 Å². The first kappa shape index (κ1) is 17.5. The van der Waals surface area contributed by atoms with Gasteiger partial charge in [-0.15, -0.1) is 12.4 Å². The summed E-state index contributed by atoms with van der Waals surface area (Å²) in [5.74, 6) is 0.633. The summed E-state index contributed by atoms with van der Waals surface area (Å²) in [5, 5.41) is 0. The summed E-state index contributed by atoms with van der Waals surface area (Å²) in [7, 11) is 1.73. The second kappa shape index (κ2) is 8.55. The molecule has 6 heteroatoms. The van der Waals surface area contributed by atoms with E-state index in [-0.39, 0.29) is 31.0 Å². The summed E-state index contributed by atoms with van der Waals surface area (Å²) in [5.41, 5.74) is 5.50. The van der Waals surface area contributed by atoms with Crippen LogP contribution in [-0.4, -0.2) is 37.0 Å². The Labute approximate surface area is 127 Å². The van der Waals surface area contributed by atoms with Gasteiger partial charge >= 0.3 is 0 Å². The molecule has 0 aliphatic heterocycles. The van der Waals surface area contributed by atoms with Crippen molar-refractivity contribution < 1.29 is 9.53 Å². The lowest BCUT2D eigenvalue weighted by Gasteiger charge is -2.23. The summed E-state index contributed by atoms with van der Waals surface area (Å²) in [4.78, 5) is 13.3. The van der Waals surface area contributed by atoms with Crippen LogP contribution < -0.4 is 10.5 Å². The molecule has 1 aromatic carbocycles. The number of ether oxygens (including phenoxy) is 1. The van der Waals surface area contributed by atoms with Gasteiger partial charge in [0.05, 0.1) is 0 Å². The molecule has 1 atom stereocenters. The van der Waals surface area contributed by atoms with Gasteiger partial charge in [-0.1, -0.05) is 0 Å². The molecule has 1 unspecified atom stereocenters. The van der Waals surface area contributed by atoms with E-state index in [1.807, 2.05) is 31.2 Å². The molecule has 1 aromatic rings. The molecule has 0 aromatic heterocycles. The van der Waals surface area contributed by atoms with Crippen LogP contribution in [0.3, 0.4) is 0 Å². The van der Waals surface area contributed by atoms with Crippen LogP contribution >= 0.6 is 35.0 Å². The maximum atomic E-state index is 11.7. The van der Waals surface area contributed by atoms with Crippen LogP contribution in [-0.2, 0) is 4.79 Å². The third kappa shape index (κ3) is 5.41. The second-order valence-corrected chi connectivity index (χ2v) is 5.08. The van der Waals surface area contributed by atoms with Crippen LogP contribution in [0.25, 0.3) is 0 Å². The number of amides is 1. The lowest BCUT2D eigenvalue weighted by Crippen LogP contribution is -2.42. The van der Waals surface area contributed by atoms with Gasteiger partial charge in [-0.25, -0.2) is 0 Å². The van der Waals surface area contributed by atoms with Crippen molar-refractivity contribution in [1.82, 2.24) is 4.90 Å².